The molecule has 0 atom stereocenters. The topological polar surface area (TPSA) is 224 Å². The third-order valence-electron chi connectivity index (χ3n) is 6.56. The first kappa shape index (κ1) is 51.3. The lowest BCUT2D eigenvalue weighted by molar-refractivity contribution is -0.139. The van der Waals surface area contributed by atoms with Crippen LogP contribution < -0.4 is 5.73 Å². The molecular weight excluding hydrogens is 708 g/mol. The van der Waals surface area contributed by atoms with Crippen molar-refractivity contribution < 1.29 is 81.4 Å². The summed E-state index contributed by atoms with van der Waals surface area (Å²) in [5.41, 5.74) is 5.36. The van der Waals surface area contributed by atoms with Crippen molar-refractivity contribution in [3.8, 4) is 0 Å². The van der Waals surface area contributed by atoms with Gasteiger partial charge in [-0.2, -0.15) is 0 Å². The van der Waals surface area contributed by atoms with E-state index in [9.17, 15) is 9.59 Å². The second-order valence-corrected chi connectivity index (χ2v) is 10.9. The van der Waals surface area contributed by atoms with Gasteiger partial charge in [-0.15, -0.1) is 0 Å². The van der Waals surface area contributed by atoms with Crippen molar-refractivity contribution in [1.82, 2.24) is 4.90 Å². The van der Waals surface area contributed by atoms with Crippen LogP contribution in [0.4, 0.5) is 0 Å². The molecule has 0 saturated carbocycles. The number of hydrogen-bond donors (Lipinski definition) is 3. The van der Waals surface area contributed by atoms with Crippen molar-refractivity contribution in [3.05, 3.63) is 0 Å². The van der Waals surface area contributed by atoms with Crippen LogP contribution in [0.25, 0.3) is 0 Å². The summed E-state index contributed by atoms with van der Waals surface area (Å²) in [6.07, 6.45) is -0.0406. The maximum Gasteiger partial charge on any atom is 0.305 e. The molecule has 4 N–H and O–H groups in total. The normalized spacial score (nSPS) is 11.6. The third kappa shape index (κ3) is 46.4. The van der Waals surface area contributed by atoms with Crippen LogP contribution in [-0.4, -0.2) is 225 Å². The van der Waals surface area contributed by atoms with Gasteiger partial charge in [0.2, 0.25) is 0 Å². The molecule has 0 aromatic heterocycles. The van der Waals surface area contributed by atoms with Gasteiger partial charge in [0.1, 0.15) is 0 Å². The maximum atomic E-state index is 10.4. The first-order valence-electron chi connectivity index (χ1n) is 18.4. The van der Waals surface area contributed by atoms with Gasteiger partial charge >= 0.3 is 11.9 Å². The number of carboxylic acid groups (broad SMARTS) is 2. The van der Waals surface area contributed by atoms with Crippen molar-refractivity contribution in [1.29, 1.82) is 0 Å². The largest absolute Gasteiger partial charge is 0.481 e. The van der Waals surface area contributed by atoms with Crippen molar-refractivity contribution in [2.75, 3.05) is 198 Å². The minimum absolute atomic E-state index is 0.0203. The fourth-order valence-corrected chi connectivity index (χ4v) is 3.82. The minimum atomic E-state index is -0.887. The standard InChI is InChI=1S/C34H68N2O17/c35-3-9-43-15-21-49-27-31-53-32-30-52-24-18-46-12-6-36(4-10-44-16-22-50-28-25-47-19-13-41-7-1-33(37)38)5-11-45-17-23-51-29-26-48-20-14-42-8-2-34(39)40/h1-32,35H2,(H,37,38)(H,39,40). The van der Waals surface area contributed by atoms with E-state index in [1.165, 1.54) is 0 Å². The zero-order chi connectivity index (χ0) is 38.6. The number of carbonyl (C=O) groups is 2. The molecule has 0 bridgehead atoms. The van der Waals surface area contributed by atoms with Gasteiger partial charge in [-0.25, -0.2) is 0 Å². The van der Waals surface area contributed by atoms with Crippen molar-refractivity contribution in [2.24, 2.45) is 5.73 Å². The summed E-state index contributed by atoms with van der Waals surface area (Å²) in [6, 6.07) is 0. The summed E-state index contributed by atoms with van der Waals surface area (Å²) in [6.45, 7) is 14.0. The molecule has 0 amide bonds. The summed E-state index contributed by atoms with van der Waals surface area (Å²) in [7, 11) is 0. The summed E-state index contributed by atoms with van der Waals surface area (Å²) in [5, 5.41) is 17.1. The van der Waals surface area contributed by atoms with Gasteiger partial charge in [-0.1, -0.05) is 0 Å². The van der Waals surface area contributed by atoms with Gasteiger partial charge in [-0.3, -0.25) is 14.5 Å². The molecule has 0 radical (unpaired) electrons. The van der Waals surface area contributed by atoms with Crippen molar-refractivity contribution in [3.63, 3.8) is 0 Å². The molecule has 19 heteroatoms. The van der Waals surface area contributed by atoms with E-state index >= 15 is 0 Å². The molecular formula is C34H68N2O17. The van der Waals surface area contributed by atoms with Crippen molar-refractivity contribution in [2.45, 2.75) is 12.8 Å². The van der Waals surface area contributed by atoms with Gasteiger partial charge in [0.15, 0.2) is 0 Å². The molecule has 0 saturated heterocycles. The smallest absolute Gasteiger partial charge is 0.305 e. The van der Waals surface area contributed by atoms with Gasteiger partial charge in [0.25, 0.3) is 0 Å². The van der Waals surface area contributed by atoms with E-state index < -0.39 is 11.9 Å². The van der Waals surface area contributed by atoms with Crippen LogP contribution in [0.2, 0.25) is 0 Å². The molecule has 0 aromatic carbocycles. The van der Waals surface area contributed by atoms with Gasteiger partial charge in [-0.05, 0) is 0 Å². The van der Waals surface area contributed by atoms with E-state index in [0.29, 0.717) is 185 Å². The molecule has 19 nitrogen and oxygen atoms in total. The number of aliphatic carboxylic acids is 2. The summed E-state index contributed by atoms with van der Waals surface area (Å²) in [4.78, 5) is 23.1. The fraction of sp³-hybridized carbons (Fsp3) is 0.941. The number of hydrogen-bond acceptors (Lipinski definition) is 17. The number of carboxylic acids is 2. The van der Waals surface area contributed by atoms with Crippen LogP contribution in [0.1, 0.15) is 12.8 Å². The molecule has 0 spiro atoms. The van der Waals surface area contributed by atoms with E-state index in [-0.39, 0.29) is 26.1 Å². The predicted octanol–water partition coefficient (Wildman–Crippen LogP) is -0.588. The maximum absolute atomic E-state index is 10.4. The minimum Gasteiger partial charge on any atom is -0.481 e. The summed E-state index contributed by atoms with van der Waals surface area (Å²) < 4.78 is 71.1. The zero-order valence-corrected chi connectivity index (χ0v) is 31.7. The van der Waals surface area contributed by atoms with Crippen LogP contribution in [0.5, 0.6) is 0 Å². The average molecular weight is 777 g/mol. The predicted molar refractivity (Wildman–Crippen MR) is 191 cm³/mol. The summed E-state index contributed by atoms with van der Waals surface area (Å²) >= 11 is 0. The lowest BCUT2D eigenvalue weighted by atomic mass is 10.4. The lowest BCUT2D eigenvalue weighted by Crippen LogP contribution is -2.34. The first-order chi connectivity index (χ1) is 26.1. The highest BCUT2D eigenvalue weighted by molar-refractivity contribution is 5.67. The molecule has 0 aliphatic rings. The Hall–Kier alpha value is -1.66. The molecule has 0 aliphatic heterocycles. The third-order valence-corrected chi connectivity index (χ3v) is 6.56. The number of nitrogens with zero attached hydrogens (tertiary/aromatic N) is 1. The van der Waals surface area contributed by atoms with E-state index in [2.05, 4.69) is 4.90 Å². The van der Waals surface area contributed by atoms with Crippen LogP contribution in [-0.2, 0) is 71.2 Å². The average Bonchev–Trinajstić information content (AvgIpc) is 3.14. The quantitative estimate of drug-likeness (QED) is 0.0657. The van der Waals surface area contributed by atoms with E-state index in [0.717, 1.165) is 0 Å². The first-order valence-corrected chi connectivity index (χ1v) is 18.4. The molecule has 316 valence electrons. The van der Waals surface area contributed by atoms with Crippen LogP contribution >= 0.6 is 0 Å². The summed E-state index contributed by atoms with van der Waals surface area (Å²) in [5.74, 6) is -1.77. The van der Waals surface area contributed by atoms with Gasteiger partial charge < -0.3 is 77.5 Å². The van der Waals surface area contributed by atoms with Gasteiger partial charge in [0, 0.05) is 26.2 Å². The van der Waals surface area contributed by atoms with Crippen LogP contribution in [0.15, 0.2) is 0 Å². The number of rotatable bonds is 47. The van der Waals surface area contributed by atoms with E-state index in [1.807, 2.05) is 0 Å². The SMILES string of the molecule is NCCOCCOCCOCCOCCOCCN(CCOCCOCCOCCOCCC(=O)O)CCOCCOCCOCCOCCC(=O)O. The Morgan fingerprint density at radius 1 is 0.321 bits per heavy atom. The Morgan fingerprint density at radius 3 is 0.717 bits per heavy atom. The molecule has 0 aromatic rings. The Kier molecular flexibility index (Phi) is 43.3. The number of nitrogens with two attached hydrogens (primary N) is 1. The molecule has 0 unspecified atom stereocenters. The van der Waals surface area contributed by atoms with Crippen molar-refractivity contribution >= 4 is 11.9 Å². The van der Waals surface area contributed by atoms with Crippen LogP contribution in [0.3, 0.4) is 0 Å². The van der Waals surface area contributed by atoms with Gasteiger partial charge in [0.05, 0.1) is 185 Å². The lowest BCUT2D eigenvalue weighted by Gasteiger charge is -2.22. The molecule has 0 heterocycles. The fourth-order valence-electron chi connectivity index (χ4n) is 3.82. The Bertz CT molecular complexity index is 718. The number of ether oxygens (including phenoxy) is 13. The molecule has 53 heavy (non-hydrogen) atoms. The highest BCUT2D eigenvalue weighted by atomic mass is 16.6. The Balaban J connectivity index is 3.96. The Labute approximate surface area is 314 Å². The molecule has 0 rings (SSSR count). The monoisotopic (exact) mass is 776 g/mol. The van der Waals surface area contributed by atoms with E-state index in [1.54, 1.807) is 0 Å². The van der Waals surface area contributed by atoms with E-state index in [4.69, 9.17) is 77.5 Å². The second-order valence-electron chi connectivity index (χ2n) is 10.9. The van der Waals surface area contributed by atoms with Crippen LogP contribution in [0, 0.1) is 0 Å². The highest BCUT2D eigenvalue weighted by Crippen LogP contribution is 1.94. The molecule has 0 fully saturated rings. The Morgan fingerprint density at radius 2 is 0.509 bits per heavy atom. The second kappa shape index (κ2) is 44.7. The highest BCUT2D eigenvalue weighted by Gasteiger charge is 2.06. The molecule has 0 aliphatic carbocycles. The zero-order valence-electron chi connectivity index (χ0n) is 31.7.